The molecule has 0 aliphatic rings. The molecule has 1 atom stereocenters. The summed E-state index contributed by atoms with van der Waals surface area (Å²) in [6.45, 7) is 8.24. The molecule has 1 unspecified atom stereocenters. The van der Waals surface area contributed by atoms with Gasteiger partial charge in [-0.15, -0.1) is 0 Å². The van der Waals surface area contributed by atoms with Gasteiger partial charge in [0.25, 0.3) is 0 Å². The van der Waals surface area contributed by atoms with Crippen molar-refractivity contribution in [2.75, 3.05) is 7.11 Å². The molecule has 0 aromatic carbocycles. The quantitative estimate of drug-likeness (QED) is 0.843. The highest BCUT2D eigenvalue weighted by atomic mass is 35.5. The smallest absolute Gasteiger partial charge is 0.171 e. The largest absolute Gasteiger partial charge is 0.494 e. The predicted octanol–water partition coefficient (Wildman–Crippen LogP) is 2.97. The fourth-order valence-corrected chi connectivity index (χ4v) is 1.79. The number of nitrogens with two attached hydrogens (primary N) is 1. The SMILES string of the molecule is COc1cc(CC(C)(N)C(C)C)c(C)nc1Cl. The van der Waals surface area contributed by atoms with Crippen molar-refractivity contribution in [3.05, 3.63) is 22.5 Å². The average molecular weight is 257 g/mol. The van der Waals surface area contributed by atoms with Crippen LogP contribution in [-0.4, -0.2) is 17.6 Å². The third-order valence-electron chi connectivity index (χ3n) is 3.35. The molecule has 0 saturated carbocycles. The highest BCUT2D eigenvalue weighted by Crippen LogP contribution is 2.28. The Hall–Kier alpha value is -0.800. The van der Waals surface area contributed by atoms with E-state index in [0.29, 0.717) is 16.8 Å². The van der Waals surface area contributed by atoms with Crippen LogP contribution in [0, 0.1) is 12.8 Å². The Morgan fingerprint density at radius 2 is 2.12 bits per heavy atom. The maximum absolute atomic E-state index is 6.29. The second kappa shape index (κ2) is 5.23. The third kappa shape index (κ3) is 3.33. The zero-order valence-electron chi connectivity index (χ0n) is 11.2. The van der Waals surface area contributed by atoms with E-state index in [4.69, 9.17) is 22.1 Å². The molecule has 0 aliphatic heterocycles. The lowest BCUT2D eigenvalue weighted by atomic mass is 9.83. The molecule has 0 fully saturated rings. The first kappa shape index (κ1) is 14.3. The predicted molar refractivity (Wildman–Crippen MR) is 71.7 cm³/mol. The summed E-state index contributed by atoms with van der Waals surface area (Å²) in [4.78, 5) is 4.27. The van der Waals surface area contributed by atoms with Gasteiger partial charge in [0.05, 0.1) is 7.11 Å². The van der Waals surface area contributed by atoms with E-state index in [2.05, 4.69) is 25.8 Å². The van der Waals surface area contributed by atoms with Crippen LogP contribution in [0.15, 0.2) is 6.07 Å². The van der Waals surface area contributed by atoms with Crippen molar-refractivity contribution >= 4 is 11.6 Å². The maximum atomic E-state index is 6.29. The summed E-state index contributed by atoms with van der Waals surface area (Å²) < 4.78 is 5.18. The Morgan fingerprint density at radius 3 is 2.59 bits per heavy atom. The van der Waals surface area contributed by atoms with Crippen molar-refractivity contribution in [1.29, 1.82) is 0 Å². The molecule has 3 nitrogen and oxygen atoms in total. The van der Waals surface area contributed by atoms with Crippen molar-refractivity contribution in [1.82, 2.24) is 4.98 Å². The Bertz CT molecular complexity index is 403. The Balaban J connectivity index is 3.07. The van der Waals surface area contributed by atoms with Crippen molar-refractivity contribution in [2.24, 2.45) is 11.7 Å². The monoisotopic (exact) mass is 256 g/mol. The molecule has 2 N–H and O–H groups in total. The van der Waals surface area contributed by atoms with Gasteiger partial charge in [-0.25, -0.2) is 4.98 Å². The van der Waals surface area contributed by atoms with E-state index in [0.717, 1.165) is 17.7 Å². The van der Waals surface area contributed by atoms with Crippen LogP contribution in [0.2, 0.25) is 5.15 Å². The molecule has 1 rings (SSSR count). The summed E-state index contributed by atoms with van der Waals surface area (Å²) in [7, 11) is 1.59. The second-order valence-electron chi connectivity index (χ2n) is 5.06. The highest BCUT2D eigenvalue weighted by molar-refractivity contribution is 6.30. The minimum absolute atomic E-state index is 0.259. The lowest BCUT2D eigenvalue weighted by Gasteiger charge is -2.29. The number of methoxy groups -OCH3 is 1. The molecule has 0 radical (unpaired) electrons. The van der Waals surface area contributed by atoms with Gasteiger partial charge in [0.15, 0.2) is 10.9 Å². The van der Waals surface area contributed by atoms with E-state index in [-0.39, 0.29) is 5.54 Å². The van der Waals surface area contributed by atoms with Crippen molar-refractivity contribution in [3.63, 3.8) is 0 Å². The highest BCUT2D eigenvalue weighted by Gasteiger charge is 2.25. The first-order chi connectivity index (χ1) is 7.77. The normalized spacial score (nSPS) is 14.8. The van der Waals surface area contributed by atoms with E-state index in [9.17, 15) is 0 Å². The van der Waals surface area contributed by atoms with Gasteiger partial charge < -0.3 is 10.5 Å². The van der Waals surface area contributed by atoms with Crippen LogP contribution in [0.4, 0.5) is 0 Å². The van der Waals surface area contributed by atoms with Crippen LogP contribution >= 0.6 is 11.6 Å². The van der Waals surface area contributed by atoms with Crippen molar-refractivity contribution < 1.29 is 4.74 Å². The molecule has 4 heteroatoms. The van der Waals surface area contributed by atoms with E-state index in [1.807, 2.05) is 13.0 Å². The standard InChI is InChI=1S/C13H21ClN2O/c1-8(2)13(4,15)7-10-6-11(17-5)12(14)16-9(10)3/h6,8H,7,15H2,1-5H3. The van der Waals surface area contributed by atoms with Gasteiger partial charge in [-0.3, -0.25) is 0 Å². The van der Waals surface area contributed by atoms with Crippen LogP contribution in [0.5, 0.6) is 5.75 Å². The maximum Gasteiger partial charge on any atom is 0.171 e. The first-order valence-electron chi connectivity index (χ1n) is 5.77. The zero-order valence-corrected chi connectivity index (χ0v) is 11.9. The van der Waals surface area contributed by atoms with Gasteiger partial charge in [0, 0.05) is 11.2 Å². The molecule has 0 saturated heterocycles. The number of pyridine rings is 1. The summed E-state index contributed by atoms with van der Waals surface area (Å²) in [5.74, 6) is 0.996. The van der Waals surface area contributed by atoms with Gasteiger partial charge >= 0.3 is 0 Å². The lowest BCUT2D eigenvalue weighted by molar-refractivity contribution is 0.336. The minimum atomic E-state index is -0.259. The topological polar surface area (TPSA) is 48.1 Å². The number of hydrogen-bond acceptors (Lipinski definition) is 3. The molecule has 0 amide bonds. The molecular formula is C13H21ClN2O. The summed E-state index contributed by atoms with van der Waals surface area (Å²) in [6.07, 6.45) is 0.761. The first-order valence-corrected chi connectivity index (χ1v) is 6.14. The molecular weight excluding hydrogens is 236 g/mol. The molecule has 96 valence electrons. The zero-order chi connectivity index (χ0) is 13.2. The van der Waals surface area contributed by atoms with Crippen molar-refractivity contribution in [2.45, 2.75) is 39.7 Å². The number of halogens is 1. The van der Waals surface area contributed by atoms with E-state index >= 15 is 0 Å². The van der Waals surface area contributed by atoms with Crippen LogP contribution in [0.25, 0.3) is 0 Å². The van der Waals surface area contributed by atoms with Crippen LogP contribution in [0.1, 0.15) is 32.0 Å². The number of ether oxygens (including phenoxy) is 1. The minimum Gasteiger partial charge on any atom is -0.494 e. The molecule has 0 bridgehead atoms. The molecule has 1 aromatic heterocycles. The summed E-state index contributed by atoms with van der Waals surface area (Å²) in [5, 5.41) is 0.400. The van der Waals surface area contributed by atoms with Crippen LogP contribution in [0.3, 0.4) is 0 Å². The molecule has 1 aromatic rings. The Kier molecular flexibility index (Phi) is 4.39. The summed E-state index contributed by atoms with van der Waals surface area (Å²) in [5.41, 5.74) is 8.03. The number of hydrogen-bond donors (Lipinski definition) is 1. The molecule has 0 aliphatic carbocycles. The second-order valence-corrected chi connectivity index (χ2v) is 5.42. The lowest BCUT2D eigenvalue weighted by Crippen LogP contribution is -2.44. The number of rotatable bonds is 4. The van der Waals surface area contributed by atoms with Gasteiger partial charge in [0.2, 0.25) is 0 Å². The molecule has 17 heavy (non-hydrogen) atoms. The van der Waals surface area contributed by atoms with Gasteiger partial charge in [-0.2, -0.15) is 0 Å². The van der Waals surface area contributed by atoms with E-state index < -0.39 is 0 Å². The molecule has 0 spiro atoms. The Labute approximate surface area is 108 Å². The Morgan fingerprint density at radius 1 is 1.53 bits per heavy atom. The summed E-state index contributed by atoms with van der Waals surface area (Å²) >= 11 is 5.97. The third-order valence-corrected chi connectivity index (χ3v) is 3.62. The number of aromatic nitrogens is 1. The van der Waals surface area contributed by atoms with E-state index in [1.54, 1.807) is 7.11 Å². The average Bonchev–Trinajstić information content (AvgIpc) is 2.21. The fourth-order valence-electron chi connectivity index (χ4n) is 1.53. The number of nitrogens with zero attached hydrogens (tertiary/aromatic N) is 1. The van der Waals surface area contributed by atoms with Gasteiger partial charge in [-0.1, -0.05) is 25.4 Å². The molecule has 1 heterocycles. The van der Waals surface area contributed by atoms with Gasteiger partial charge in [-0.05, 0) is 37.8 Å². The fraction of sp³-hybridized carbons (Fsp3) is 0.615. The van der Waals surface area contributed by atoms with E-state index in [1.165, 1.54) is 0 Å². The number of aryl methyl sites for hydroxylation is 1. The van der Waals surface area contributed by atoms with Crippen LogP contribution in [-0.2, 0) is 6.42 Å². The van der Waals surface area contributed by atoms with Crippen molar-refractivity contribution in [3.8, 4) is 5.75 Å². The van der Waals surface area contributed by atoms with Crippen LogP contribution < -0.4 is 10.5 Å². The van der Waals surface area contributed by atoms with Gasteiger partial charge in [0.1, 0.15) is 0 Å². The summed E-state index contributed by atoms with van der Waals surface area (Å²) in [6, 6.07) is 1.93.